The van der Waals surface area contributed by atoms with Gasteiger partial charge < -0.3 is 5.73 Å². The lowest BCUT2D eigenvalue weighted by Crippen LogP contribution is -2.26. The molecule has 1 atom stereocenters. The van der Waals surface area contributed by atoms with Crippen molar-refractivity contribution in [2.75, 3.05) is 13.1 Å². The fourth-order valence-electron chi connectivity index (χ4n) is 1.62. The molecule has 0 spiro atoms. The van der Waals surface area contributed by atoms with Gasteiger partial charge in [0.05, 0.1) is 6.54 Å². The van der Waals surface area contributed by atoms with Crippen LogP contribution in [0.15, 0.2) is 18.5 Å². The monoisotopic (exact) mass is 178 g/mol. The minimum atomic E-state index is 0.337. The summed E-state index contributed by atoms with van der Waals surface area (Å²) in [6.07, 6.45) is 4.64. The number of rotatable bonds is 2. The van der Waals surface area contributed by atoms with Crippen molar-refractivity contribution in [3.8, 4) is 0 Å². The molecule has 0 aromatic carbocycles. The largest absolute Gasteiger partial charge is 0.326 e. The van der Waals surface area contributed by atoms with Crippen LogP contribution in [-0.2, 0) is 6.54 Å². The van der Waals surface area contributed by atoms with E-state index in [4.69, 9.17) is 5.73 Å². The molecule has 1 aliphatic heterocycles. The summed E-state index contributed by atoms with van der Waals surface area (Å²) >= 11 is 0. The zero-order chi connectivity index (χ0) is 9.10. The summed E-state index contributed by atoms with van der Waals surface area (Å²) in [6, 6.07) is 2.17. The molecule has 1 aromatic heterocycles. The molecule has 2 N–H and O–H groups in total. The lowest BCUT2D eigenvalue weighted by molar-refractivity contribution is 0.318. The number of nitrogens with two attached hydrogens (primary N) is 1. The van der Waals surface area contributed by atoms with Crippen LogP contribution in [0, 0.1) is 0 Å². The first-order valence-electron chi connectivity index (χ1n) is 4.58. The number of hydrogen-bond acceptors (Lipinski definition) is 4. The lowest BCUT2D eigenvalue weighted by atomic mass is 10.3. The van der Waals surface area contributed by atoms with Gasteiger partial charge in [-0.25, -0.2) is 9.97 Å². The van der Waals surface area contributed by atoms with Gasteiger partial charge in [0.1, 0.15) is 5.82 Å². The van der Waals surface area contributed by atoms with Gasteiger partial charge in [-0.2, -0.15) is 0 Å². The molecule has 1 saturated heterocycles. The van der Waals surface area contributed by atoms with Crippen LogP contribution >= 0.6 is 0 Å². The summed E-state index contributed by atoms with van der Waals surface area (Å²) in [5.74, 6) is 0.886. The van der Waals surface area contributed by atoms with E-state index < -0.39 is 0 Å². The Morgan fingerprint density at radius 3 is 2.85 bits per heavy atom. The summed E-state index contributed by atoms with van der Waals surface area (Å²) in [5.41, 5.74) is 5.80. The maximum absolute atomic E-state index is 5.80. The Morgan fingerprint density at radius 1 is 1.46 bits per heavy atom. The van der Waals surface area contributed by atoms with Gasteiger partial charge in [0.15, 0.2) is 0 Å². The molecule has 2 heterocycles. The number of aromatic nitrogens is 2. The van der Waals surface area contributed by atoms with Crippen molar-refractivity contribution >= 4 is 0 Å². The van der Waals surface area contributed by atoms with E-state index >= 15 is 0 Å². The summed E-state index contributed by atoms with van der Waals surface area (Å²) in [5, 5.41) is 0. The highest BCUT2D eigenvalue weighted by molar-refractivity contribution is 4.90. The van der Waals surface area contributed by atoms with E-state index in [1.54, 1.807) is 12.4 Å². The molecular formula is C9H14N4. The average molecular weight is 178 g/mol. The van der Waals surface area contributed by atoms with Crippen molar-refractivity contribution in [3.05, 3.63) is 24.3 Å². The van der Waals surface area contributed by atoms with Gasteiger partial charge in [-0.15, -0.1) is 0 Å². The second-order valence-corrected chi connectivity index (χ2v) is 3.45. The Kier molecular flexibility index (Phi) is 2.52. The molecule has 13 heavy (non-hydrogen) atoms. The highest BCUT2D eigenvalue weighted by Gasteiger charge is 2.19. The van der Waals surface area contributed by atoms with Crippen LogP contribution in [0.4, 0.5) is 0 Å². The number of likely N-dealkylation sites (tertiary alicyclic amines) is 1. The van der Waals surface area contributed by atoms with Crippen LogP contribution < -0.4 is 5.73 Å². The molecule has 0 radical (unpaired) electrons. The third-order valence-corrected chi connectivity index (χ3v) is 2.29. The predicted octanol–water partition coefficient (Wildman–Crippen LogP) is 0.00960. The summed E-state index contributed by atoms with van der Waals surface area (Å²) in [7, 11) is 0. The molecule has 4 nitrogen and oxygen atoms in total. The molecule has 70 valence electrons. The van der Waals surface area contributed by atoms with Crippen molar-refractivity contribution in [2.24, 2.45) is 5.73 Å². The van der Waals surface area contributed by atoms with Crippen molar-refractivity contribution in [1.29, 1.82) is 0 Å². The highest BCUT2D eigenvalue weighted by Crippen LogP contribution is 2.08. The second-order valence-electron chi connectivity index (χ2n) is 3.45. The molecule has 1 fully saturated rings. The molecule has 0 saturated carbocycles. The topological polar surface area (TPSA) is 55.0 Å². The summed E-state index contributed by atoms with van der Waals surface area (Å²) < 4.78 is 0. The van der Waals surface area contributed by atoms with E-state index in [9.17, 15) is 0 Å². The first kappa shape index (κ1) is 8.59. The van der Waals surface area contributed by atoms with Crippen molar-refractivity contribution in [1.82, 2.24) is 14.9 Å². The smallest absolute Gasteiger partial charge is 0.142 e. The quantitative estimate of drug-likeness (QED) is 0.693. The van der Waals surface area contributed by atoms with Gasteiger partial charge in [-0.3, -0.25) is 4.90 Å². The van der Waals surface area contributed by atoms with Gasteiger partial charge in [0.25, 0.3) is 0 Å². The van der Waals surface area contributed by atoms with E-state index in [0.717, 1.165) is 31.9 Å². The Hall–Kier alpha value is -1.00. The zero-order valence-corrected chi connectivity index (χ0v) is 7.56. The van der Waals surface area contributed by atoms with E-state index in [2.05, 4.69) is 14.9 Å². The Balaban J connectivity index is 1.92. The van der Waals surface area contributed by atoms with Crippen molar-refractivity contribution in [2.45, 2.75) is 19.0 Å². The summed E-state index contributed by atoms with van der Waals surface area (Å²) in [4.78, 5) is 10.6. The normalized spacial score (nSPS) is 23.6. The van der Waals surface area contributed by atoms with E-state index in [0.29, 0.717) is 6.04 Å². The van der Waals surface area contributed by atoms with Crippen LogP contribution in [0.2, 0.25) is 0 Å². The van der Waals surface area contributed by atoms with E-state index in [1.807, 2.05) is 6.07 Å². The maximum Gasteiger partial charge on any atom is 0.142 e. The molecule has 2 rings (SSSR count). The molecule has 4 heteroatoms. The first-order chi connectivity index (χ1) is 6.34. The summed E-state index contributed by atoms with van der Waals surface area (Å²) in [6.45, 7) is 2.87. The Labute approximate surface area is 77.8 Å². The van der Waals surface area contributed by atoms with E-state index in [-0.39, 0.29) is 0 Å². The fourth-order valence-corrected chi connectivity index (χ4v) is 1.62. The SMILES string of the molecule is N[C@@H]1CCN(Cc2ncccn2)C1. The molecule has 0 bridgehead atoms. The third kappa shape index (κ3) is 2.23. The van der Waals surface area contributed by atoms with Crippen LogP contribution in [0.25, 0.3) is 0 Å². The average Bonchev–Trinajstić information content (AvgIpc) is 2.53. The van der Waals surface area contributed by atoms with Crippen LogP contribution in [0.3, 0.4) is 0 Å². The predicted molar refractivity (Wildman–Crippen MR) is 49.9 cm³/mol. The molecule has 1 aromatic rings. The van der Waals surface area contributed by atoms with Crippen molar-refractivity contribution < 1.29 is 0 Å². The number of nitrogens with zero attached hydrogens (tertiary/aromatic N) is 3. The molecule has 0 unspecified atom stereocenters. The van der Waals surface area contributed by atoms with E-state index in [1.165, 1.54) is 0 Å². The molecular weight excluding hydrogens is 164 g/mol. The van der Waals surface area contributed by atoms with Gasteiger partial charge in [0.2, 0.25) is 0 Å². The van der Waals surface area contributed by atoms with Crippen molar-refractivity contribution in [3.63, 3.8) is 0 Å². The first-order valence-corrected chi connectivity index (χ1v) is 4.58. The maximum atomic E-state index is 5.80. The van der Waals surface area contributed by atoms with Gasteiger partial charge in [-0.05, 0) is 12.5 Å². The Morgan fingerprint density at radius 2 is 2.23 bits per heavy atom. The minimum Gasteiger partial charge on any atom is -0.326 e. The van der Waals surface area contributed by atoms with Gasteiger partial charge >= 0.3 is 0 Å². The second kappa shape index (κ2) is 3.81. The molecule has 0 amide bonds. The van der Waals surface area contributed by atoms with Gasteiger partial charge in [-0.1, -0.05) is 0 Å². The molecule has 0 aliphatic carbocycles. The number of hydrogen-bond donors (Lipinski definition) is 1. The highest BCUT2D eigenvalue weighted by atomic mass is 15.2. The lowest BCUT2D eigenvalue weighted by Gasteiger charge is -2.12. The molecule has 1 aliphatic rings. The van der Waals surface area contributed by atoms with Crippen LogP contribution in [-0.4, -0.2) is 34.0 Å². The fraction of sp³-hybridized carbons (Fsp3) is 0.556. The van der Waals surface area contributed by atoms with Crippen LogP contribution in [0.5, 0.6) is 0 Å². The van der Waals surface area contributed by atoms with Gasteiger partial charge in [0, 0.05) is 31.5 Å². The zero-order valence-electron chi connectivity index (χ0n) is 7.56. The minimum absolute atomic E-state index is 0.337. The third-order valence-electron chi connectivity index (χ3n) is 2.29. The standard InChI is InChI=1S/C9H14N4/c10-8-2-5-13(6-8)7-9-11-3-1-4-12-9/h1,3-4,8H,2,5-7,10H2/t8-/m1/s1. The Bertz CT molecular complexity index is 262. The van der Waals surface area contributed by atoms with Crippen LogP contribution in [0.1, 0.15) is 12.2 Å².